The van der Waals surface area contributed by atoms with E-state index in [9.17, 15) is 23.7 Å². The van der Waals surface area contributed by atoms with Crippen molar-refractivity contribution in [3.63, 3.8) is 0 Å². The van der Waals surface area contributed by atoms with Crippen molar-refractivity contribution in [2.24, 2.45) is 16.2 Å². The zero-order chi connectivity index (χ0) is 39.6. The largest absolute Gasteiger partial charge is 0.493 e. The maximum absolute atomic E-state index is 12.8. The Balaban J connectivity index is 1.63. The van der Waals surface area contributed by atoms with E-state index in [0.29, 0.717) is 35.4 Å². The summed E-state index contributed by atoms with van der Waals surface area (Å²) in [7, 11) is -0.405. The third kappa shape index (κ3) is 12.8. The molecule has 2 N–H and O–H groups in total. The second-order valence-electron chi connectivity index (χ2n) is 15.1. The molecule has 0 aliphatic carbocycles. The predicted molar refractivity (Wildman–Crippen MR) is 197 cm³/mol. The van der Waals surface area contributed by atoms with Gasteiger partial charge in [0.05, 0.1) is 35.2 Å². The van der Waals surface area contributed by atoms with Crippen molar-refractivity contribution in [2.75, 3.05) is 25.8 Å². The van der Waals surface area contributed by atoms with Crippen LogP contribution in [0.4, 0.5) is 10.6 Å². The summed E-state index contributed by atoms with van der Waals surface area (Å²) in [5, 5.41) is 5.39. The summed E-state index contributed by atoms with van der Waals surface area (Å²) in [5.41, 5.74) is -0.563. The second kappa shape index (κ2) is 17.9. The lowest BCUT2D eigenvalue weighted by atomic mass is 9.97. The summed E-state index contributed by atoms with van der Waals surface area (Å²) in [6.45, 7) is 14.8. The number of rotatable bonds is 15. The number of methoxy groups -OCH3 is 1. The molecule has 2 unspecified atom stereocenters. The van der Waals surface area contributed by atoms with Crippen LogP contribution in [0.25, 0.3) is 22.4 Å². The Morgan fingerprint density at radius 3 is 2.11 bits per heavy atom. The lowest BCUT2D eigenvalue weighted by Gasteiger charge is -2.33. The molecule has 2 heterocycles. The van der Waals surface area contributed by atoms with Gasteiger partial charge in [0.15, 0.2) is 32.6 Å². The summed E-state index contributed by atoms with van der Waals surface area (Å²) >= 11 is 0. The minimum absolute atomic E-state index is 0.0652. The Labute approximate surface area is 310 Å². The van der Waals surface area contributed by atoms with Gasteiger partial charge in [0.1, 0.15) is 11.3 Å². The van der Waals surface area contributed by atoms with Crippen molar-refractivity contribution in [3.05, 3.63) is 36.5 Å². The zero-order valence-electron chi connectivity index (χ0n) is 31.9. The van der Waals surface area contributed by atoms with Crippen molar-refractivity contribution in [1.82, 2.24) is 20.3 Å². The highest BCUT2D eigenvalue weighted by atomic mass is 31.1. The molecule has 0 fully saturated rings. The van der Waals surface area contributed by atoms with E-state index in [0.717, 1.165) is 0 Å². The molecular formula is C36H50N5O11P. The van der Waals surface area contributed by atoms with Crippen LogP contribution in [0.2, 0.25) is 0 Å². The quantitative estimate of drug-likeness (QED) is 0.0563. The molecule has 0 radical (unpaired) electrons. The maximum atomic E-state index is 12.8. The molecule has 2 atom stereocenters. The van der Waals surface area contributed by atoms with Gasteiger partial charge >= 0.3 is 29.9 Å². The van der Waals surface area contributed by atoms with Crippen LogP contribution in [-0.2, 0) is 37.7 Å². The van der Waals surface area contributed by atoms with Crippen LogP contribution < -0.4 is 20.1 Å². The topological polar surface area (TPSA) is 203 Å². The summed E-state index contributed by atoms with van der Waals surface area (Å²) in [4.78, 5) is 63.6. The van der Waals surface area contributed by atoms with Crippen LogP contribution in [0.3, 0.4) is 0 Å². The highest BCUT2D eigenvalue weighted by Crippen LogP contribution is 2.34. The SMILES string of the molecule is COc1cc(-c2cnc3ccc(NC(=O)NCCCCC(OCOC(=O)C(C)(C)C)(O[PH2]=O)OC(=O)C(C)(C)C)nc3n2)ccc1OC(=O)C(C)(C)C. The number of fused-ring (bicyclic) bond motifs is 1. The molecule has 0 spiro atoms. The third-order valence-electron chi connectivity index (χ3n) is 7.29. The van der Waals surface area contributed by atoms with Crippen LogP contribution in [0, 0.1) is 16.2 Å². The van der Waals surface area contributed by atoms with Crippen molar-refractivity contribution < 1.29 is 52.0 Å². The number of nitrogens with one attached hydrogen (secondary N) is 2. The number of carbonyl (C=O) groups is 4. The van der Waals surface area contributed by atoms with E-state index in [-0.39, 0.29) is 30.2 Å². The van der Waals surface area contributed by atoms with Crippen LogP contribution in [-0.4, -0.2) is 65.3 Å². The molecule has 17 heteroatoms. The fourth-order valence-corrected chi connectivity index (χ4v) is 4.51. The number of carbonyl (C=O) groups excluding carboxylic acids is 4. The Hall–Kier alpha value is -4.66. The Kier molecular flexibility index (Phi) is 14.4. The van der Waals surface area contributed by atoms with Crippen LogP contribution in [0.15, 0.2) is 36.5 Å². The lowest BCUT2D eigenvalue weighted by molar-refractivity contribution is -0.348. The summed E-state index contributed by atoms with van der Waals surface area (Å²) in [6, 6.07) is 7.73. The van der Waals surface area contributed by atoms with Crippen molar-refractivity contribution in [3.8, 4) is 22.8 Å². The number of ether oxygens (including phenoxy) is 5. The average Bonchev–Trinajstić information content (AvgIpc) is 3.06. The van der Waals surface area contributed by atoms with E-state index in [4.69, 9.17) is 28.2 Å². The minimum atomic E-state index is -2.07. The van der Waals surface area contributed by atoms with E-state index in [1.54, 1.807) is 98.8 Å². The first-order chi connectivity index (χ1) is 24.7. The van der Waals surface area contributed by atoms with Crippen molar-refractivity contribution >= 4 is 49.6 Å². The molecule has 0 saturated carbocycles. The molecule has 3 aromatic rings. The number of benzene rings is 1. The fourth-order valence-electron chi connectivity index (χ4n) is 4.13. The number of hydrogen-bond acceptors (Lipinski definition) is 14. The smallest absolute Gasteiger partial charge is 0.337 e. The molecule has 16 nitrogen and oxygen atoms in total. The van der Waals surface area contributed by atoms with Gasteiger partial charge in [-0.3, -0.25) is 38.5 Å². The molecule has 290 valence electrons. The standard InChI is InChI=1S/C36H50N5O11P/c1-33(2,3)29(42)48-21-49-36(52-53-46,51-31(44)35(7,8)9)17-11-12-18-37-32(45)41-27-16-14-23-28(40-27)39-24(20-38-23)22-13-15-25(26(19-22)47-10)50-30(43)34(4,5)6/h13-16,19-20H,11-12,17-18,21,53H2,1-10H3,(H2,37,39,40,41,45). The number of urea groups is 1. The molecule has 2 aromatic heterocycles. The van der Waals surface area contributed by atoms with Gasteiger partial charge < -0.3 is 24.3 Å². The Morgan fingerprint density at radius 1 is 0.811 bits per heavy atom. The highest BCUT2D eigenvalue weighted by Gasteiger charge is 2.41. The van der Waals surface area contributed by atoms with E-state index in [1.807, 2.05) is 0 Å². The summed E-state index contributed by atoms with van der Waals surface area (Å²) < 4.78 is 44.2. The molecule has 0 saturated heterocycles. The number of unbranched alkanes of at least 4 members (excludes halogenated alkanes) is 1. The van der Waals surface area contributed by atoms with Gasteiger partial charge in [-0.2, -0.15) is 0 Å². The molecule has 0 aliphatic heterocycles. The number of amides is 2. The van der Waals surface area contributed by atoms with Gasteiger partial charge in [-0.1, -0.05) is 0 Å². The number of esters is 3. The molecular weight excluding hydrogens is 709 g/mol. The summed E-state index contributed by atoms with van der Waals surface area (Å²) in [5.74, 6) is -2.87. The van der Waals surface area contributed by atoms with Crippen LogP contribution in [0.1, 0.15) is 81.6 Å². The second-order valence-corrected chi connectivity index (χ2v) is 15.5. The van der Waals surface area contributed by atoms with E-state index in [2.05, 4.69) is 25.6 Å². The van der Waals surface area contributed by atoms with Crippen molar-refractivity contribution in [2.45, 2.75) is 87.5 Å². The van der Waals surface area contributed by atoms with Gasteiger partial charge in [-0.15, -0.1) is 0 Å². The third-order valence-corrected chi connectivity index (χ3v) is 7.74. The molecule has 0 aliphatic rings. The molecule has 0 bridgehead atoms. The van der Waals surface area contributed by atoms with Gasteiger partial charge in [-0.25, -0.2) is 14.8 Å². The molecule has 1 aromatic carbocycles. The van der Waals surface area contributed by atoms with E-state index >= 15 is 0 Å². The normalized spacial score (nSPS) is 13.3. The van der Waals surface area contributed by atoms with Crippen LogP contribution >= 0.6 is 8.69 Å². The highest BCUT2D eigenvalue weighted by molar-refractivity contribution is 7.17. The lowest BCUT2D eigenvalue weighted by Crippen LogP contribution is -2.43. The predicted octanol–water partition coefficient (Wildman–Crippen LogP) is 6.44. The average molecular weight is 760 g/mol. The Bertz CT molecular complexity index is 1800. The molecule has 3 rings (SSSR count). The first-order valence-electron chi connectivity index (χ1n) is 16.9. The first-order valence-corrected chi connectivity index (χ1v) is 17.9. The van der Waals surface area contributed by atoms with Crippen molar-refractivity contribution in [1.29, 1.82) is 0 Å². The number of anilines is 1. The van der Waals surface area contributed by atoms with Gasteiger partial charge in [-0.05, 0) is 105 Å². The molecule has 53 heavy (non-hydrogen) atoms. The van der Waals surface area contributed by atoms with Gasteiger partial charge in [0, 0.05) is 18.5 Å². The van der Waals surface area contributed by atoms with Crippen LogP contribution in [0.5, 0.6) is 11.5 Å². The fraction of sp³-hybridized carbons (Fsp3) is 0.528. The Morgan fingerprint density at radius 2 is 1.49 bits per heavy atom. The van der Waals surface area contributed by atoms with E-state index in [1.165, 1.54) is 7.11 Å². The number of aromatic nitrogens is 3. The molecule has 2 amide bonds. The number of hydrogen-bond donors (Lipinski definition) is 2. The summed E-state index contributed by atoms with van der Waals surface area (Å²) in [6.07, 6.45) is 2.18. The van der Waals surface area contributed by atoms with Gasteiger partial charge in [0.2, 0.25) is 0 Å². The monoisotopic (exact) mass is 759 g/mol. The first kappa shape index (κ1) is 42.8. The van der Waals surface area contributed by atoms with E-state index < -0.39 is 61.6 Å². The number of nitrogens with zero attached hydrogens (tertiary/aromatic N) is 3. The van der Waals surface area contributed by atoms with Gasteiger partial charge in [0.25, 0.3) is 0 Å². The minimum Gasteiger partial charge on any atom is -0.493 e. The zero-order valence-corrected chi connectivity index (χ0v) is 33.1. The maximum Gasteiger partial charge on any atom is 0.337 e. The number of pyridine rings is 1.